The summed E-state index contributed by atoms with van der Waals surface area (Å²) in [6.07, 6.45) is 4.21. The highest BCUT2D eigenvalue weighted by Crippen LogP contribution is 2.23. The second kappa shape index (κ2) is 10.4. The van der Waals surface area contributed by atoms with Crippen LogP contribution in [0.2, 0.25) is 5.02 Å². The molecule has 0 spiro atoms. The summed E-state index contributed by atoms with van der Waals surface area (Å²) in [5.41, 5.74) is 1.42. The zero-order valence-corrected chi connectivity index (χ0v) is 17.9. The van der Waals surface area contributed by atoms with Crippen LogP contribution in [-0.4, -0.2) is 40.8 Å². The smallest absolute Gasteiger partial charge is 0.258 e. The first-order valence-electron chi connectivity index (χ1n) is 9.20. The fraction of sp³-hybridized carbons (Fsp3) is 0.286. The van der Waals surface area contributed by atoms with Crippen LogP contribution in [0.4, 0.5) is 11.5 Å². The molecule has 2 aromatic rings. The van der Waals surface area contributed by atoms with E-state index in [2.05, 4.69) is 34.4 Å². The number of carbonyl (C=O) groups is 2. The molecule has 8 heteroatoms. The van der Waals surface area contributed by atoms with E-state index < -0.39 is 0 Å². The van der Waals surface area contributed by atoms with Crippen molar-refractivity contribution in [3.8, 4) is 0 Å². The van der Waals surface area contributed by atoms with Crippen molar-refractivity contribution >= 4 is 47.3 Å². The van der Waals surface area contributed by atoms with Crippen molar-refractivity contribution in [3.63, 3.8) is 0 Å². The predicted octanol–water partition coefficient (Wildman–Crippen LogP) is 4.39. The molecule has 0 bridgehead atoms. The fourth-order valence-electron chi connectivity index (χ4n) is 3.00. The third kappa shape index (κ3) is 6.03. The first-order valence-corrected chi connectivity index (χ1v) is 9.58. The van der Waals surface area contributed by atoms with Crippen molar-refractivity contribution in [2.75, 3.05) is 23.7 Å². The number of nitrogens with zero attached hydrogens (tertiary/aromatic N) is 2. The molecule has 29 heavy (non-hydrogen) atoms. The SMILES string of the molecule is CC(C)N1CC=C(C(=O)Nc2ccc(Cl)cc2C(=O)Nc2ccccn2)CC1.Cl. The van der Waals surface area contributed by atoms with E-state index in [0.717, 1.165) is 18.7 Å². The largest absolute Gasteiger partial charge is 0.322 e. The highest BCUT2D eigenvalue weighted by atomic mass is 35.5. The predicted molar refractivity (Wildman–Crippen MR) is 119 cm³/mol. The number of nitrogens with one attached hydrogen (secondary N) is 2. The average Bonchev–Trinajstić information content (AvgIpc) is 2.70. The molecule has 154 valence electrons. The van der Waals surface area contributed by atoms with E-state index in [1.807, 2.05) is 6.08 Å². The van der Waals surface area contributed by atoms with Crippen LogP contribution in [0.15, 0.2) is 54.2 Å². The molecule has 2 heterocycles. The van der Waals surface area contributed by atoms with E-state index in [0.29, 0.717) is 29.0 Å². The van der Waals surface area contributed by atoms with E-state index in [9.17, 15) is 9.59 Å². The van der Waals surface area contributed by atoms with E-state index in [-0.39, 0.29) is 29.8 Å². The molecular formula is C21H24Cl2N4O2. The Bertz CT molecular complexity index is 901. The maximum absolute atomic E-state index is 12.7. The Balaban J connectivity index is 0.00000300. The van der Waals surface area contributed by atoms with Gasteiger partial charge >= 0.3 is 0 Å². The number of anilines is 2. The van der Waals surface area contributed by atoms with Crippen LogP contribution in [0.3, 0.4) is 0 Å². The normalized spacial score (nSPS) is 14.0. The summed E-state index contributed by atoms with van der Waals surface area (Å²) in [6.45, 7) is 5.86. The maximum atomic E-state index is 12.7. The number of hydrogen-bond acceptors (Lipinski definition) is 4. The first kappa shape index (κ1) is 22.9. The Labute approximate surface area is 181 Å². The van der Waals surface area contributed by atoms with Crippen LogP contribution in [0, 0.1) is 0 Å². The molecule has 0 unspecified atom stereocenters. The second-order valence-electron chi connectivity index (χ2n) is 6.88. The molecule has 2 amide bonds. The number of halogens is 2. The minimum Gasteiger partial charge on any atom is -0.322 e. The van der Waals surface area contributed by atoms with Crippen LogP contribution < -0.4 is 10.6 Å². The van der Waals surface area contributed by atoms with Gasteiger partial charge in [0.1, 0.15) is 5.82 Å². The van der Waals surface area contributed by atoms with Gasteiger partial charge in [0, 0.05) is 35.9 Å². The quantitative estimate of drug-likeness (QED) is 0.731. The summed E-state index contributed by atoms with van der Waals surface area (Å²) in [4.78, 5) is 31.7. The molecule has 0 atom stereocenters. The first-order chi connectivity index (χ1) is 13.4. The van der Waals surface area contributed by atoms with Gasteiger partial charge in [0.15, 0.2) is 0 Å². The molecule has 1 aromatic heterocycles. The Kier molecular flexibility index (Phi) is 8.20. The third-order valence-corrected chi connectivity index (χ3v) is 4.88. The van der Waals surface area contributed by atoms with Crippen LogP contribution in [-0.2, 0) is 4.79 Å². The summed E-state index contributed by atoms with van der Waals surface area (Å²) in [5, 5.41) is 5.98. The average molecular weight is 435 g/mol. The molecule has 0 radical (unpaired) electrons. The summed E-state index contributed by atoms with van der Waals surface area (Å²) < 4.78 is 0. The highest BCUT2D eigenvalue weighted by Gasteiger charge is 2.20. The van der Waals surface area contributed by atoms with Crippen molar-refractivity contribution in [1.82, 2.24) is 9.88 Å². The number of benzene rings is 1. The number of rotatable bonds is 5. The van der Waals surface area contributed by atoms with Gasteiger partial charge in [-0.3, -0.25) is 14.5 Å². The number of hydrogen-bond donors (Lipinski definition) is 2. The minimum absolute atomic E-state index is 0. The van der Waals surface area contributed by atoms with Gasteiger partial charge in [0.05, 0.1) is 11.3 Å². The Morgan fingerprint density at radius 1 is 1.14 bits per heavy atom. The number of carbonyl (C=O) groups excluding carboxylic acids is 2. The lowest BCUT2D eigenvalue weighted by Crippen LogP contribution is -2.36. The van der Waals surface area contributed by atoms with E-state index >= 15 is 0 Å². The van der Waals surface area contributed by atoms with Gasteiger partial charge in [0.25, 0.3) is 11.8 Å². The van der Waals surface area contributed by atoms with Gasteiger partial charge in [-0.2, -0.15) is 0 Å². The van der Waals surface area contributed by atoms with Crippen molar-refractivity contribution < 1.29 is 9.59 Å². The highest BCUT2D eigenvalue weighted by molar-refractivity contribution is 6.31. The molecule has 0 saturated heterocycles. The van der Waals surface area contributed by atoms with Crippen molar-refractivity contribution in [2.45, 2.75) is 26.3 Å². The molecule has 1 aliphatic rings. The van der Waals surface area contributed by atoms with E-state index in [1.54, 1.807) is 36.5 Å². The maximum Gasteiger partial charge on any atom is 0.258 e. The molecule has 3 rings (SSSR count). The molecule has 0 fully saturated rings. The lowest BCUT2D eigenvalue weighted by molar-refractivity contribution is -0.113. The number of amides is 2. The molecule has 0 saturated carbocycles. The Morgan fingerprint density at radius 2 is 1.93 bits per heavy atom. The minimum atomic E-state index is -0.389. The van der Waals surface area contributed by atoms with E-state index in [1.165, 1.54) is 6.07 Å². The number of pyridine rings is 1. The molecule has 2 N–H and O–H groups in total. The standard InChI is InChI=1S/C21H23ClN4O2.ClH/c1-14(2)26-11-8-15(9-12-26)20(27)24-18-7-6-16(22)13-17(18)21(28)25-19-5-3-4-10-23-19;/h3-8,10,13-14H,9,11-12H2,1-2H3,(H,24,27)(H,23,25,28);1H. The monoisotopic (exact) mass is 434 g/mol. The van der Waals surface area contributed by atoms with Gasteiger partial charge in [-0.15, -0.1) is 12.4 Å². The summed E-state index contributed by atoms with van der Waals surface area (Å²) in [6, 6.07) is 10.5. The Hall–Kier alpha value is -2.41. The number of aromatic nitrogens is 1. The zero-order chi connectivity index (χ0) is 20.1. The molecule has 0 aliphatic carbocycles. The van der Waals surface area contributed by atoms with Crippen LogP contribution in [0.5, 0.6) is 0 Å². The molecular weight excluding hydrogens is 411 g/mol. The van der Waals surface area contributed by atoms with Crippen LogP contribution >= 0.6 is 24.0 Å². The van der Waals surface area contributed by atoms with Gasteiger partial charge in [-0.25, -0.2) is 4.98 Å². The van der Waals surface area contributed by atoms with E-state index in [4.69, 9.17) is 11.6 Å². The Morgan fingerprint density at radius 3 is 2.55 bits per heavy atom. The van der Waals surface area contributed by atoms with Crippen molar-refractivity contribution in [1.29, 1.82) is 0 Å². The van der Waals surface area contributed by atoms with Gasteiger partial charge in [0.2, 0.25) is 0 Å². The van der Waals surface area contributed by atoms with Crippen LogP contribution in [0.1, 0.15) is 30.6 Å². The lowest BCUT2D eigenvalue weighted by Gasteiger charge is -2.29. The third-order valence-electron chi connectivity index (χ3n) is 4.64. The summed E-state index contributed by atoms with van der Waals surface area (Å²) >= 11 is 6.07. The van der Waals surface area contributed by atoms with Gasteiger partial charge < -0.3 is 10.6 Å². The summed E-state index contributed by atoms with van der Waals surface area (Å²) in [7, 11) is 0. The fourth-order valence-corrected chi connectivity index (χ4v) is 3.17. The zero-order valence-electron chi connectivity index (χ0n) is 16.3. The molecule has 1 aliphatic heterocycles. The van der Waals surface area contributed by atoms with Crippen molar-refractivity contribution in [2.24, 2.45) is 0 Å². The van der Waals surface area contributed by atoms with Crippen molar-refractivity contribution in [3.05, 3.63) is 64.8 Å². The second-order valence-corrected chi connectivity index (χ2v) is 7.32. The van der Waals surface area contributed by atoms with Gasteiger partial charge in [-0.1, -0.05) is 23.7 Å². The lowest BCUT2D eigenvalue weighted by atomic mass is 10.1. The van der Waals surface area contributed by atoms with Crippen LogP contribution in [0.25, 0.3) is 0 Å². The topological polar surface area (TPSA) is 74.3 Å². The van der Waals surface area contributed by atoms with Gasteiger partial charge in [-0.05, 0) is 50.6 Å². The summed E-state index contributed by atoms with van der Waals surface area (Å²) in [5.74, 6) is -0.161. The molecule has 6 nitrogen and oxygen atoms in total. The molecule has 1 aromatic carbocycles.